The highest BCUT2D eigenvalue weighted by atomic mass is 32.2. The molecule has 16 heavy (non-hydrogen) atoms. The Labute approximate surface area is 97.8 Å². The second kappa shape index (κ2) is 5.55. The van der Waals surface area contributed by atoms with Gasteiger partial charge in [-0.15, -0.1) is 0 Å². The summed E-state index contributed by atoms with van der Waals surface area (Å²) >= 11 is 1.69. The first kappa shape index (κ1) is 12.6. The van der Waals surface area contributed by atoms with Crippen LogP contribution in [0.25, 0.3) is 0 Å². The van der Waals surface area contributed by atoms with Gasteiger partial charge < -0.3 is 11.1 Å². The van der Waals surface area contributed by atoms with Crippen molar-refractivity contribution in [1.82, 2.24) is 4.98 Å². The zero-order chi connectivity index (χ0) is 12.1. The standard InChI is InChI=1S/C9H14N4O2S/c1-6(5-16-2)11-9-4-7(13(14)15)3-8(10)12-9/h3-4,6H,5H2,1-2H3,(H3,10,11,12). The quantitative estimate of drug-likeness (QED) is 0.603. The van der Waals surface area contributed by atoms with Crippen molar-refractivity contribution < 1.29 is 4.92 Å². The van der Waals surface area contributed by atoms with E-state index in [0.717, 1.165) is 5.75 Å². The average molecular weight is 242 g/mol. The molecule has 0 saturated heterocycles. The molecule has 0 aliphatic rings. The van der Waals surface area contributed by atoms with Crippen molar-refractivity contribution in [3.8, 4) is 0 Å². The number of nitrogens with zero attached hydrogens (tertiary/aromatic N) is 2. The van der Waals surface area contributed by atoms with E-state index in [0.29, 0.717) is 5.82 Å². The van der Waals surface area contributed by atoms with E-state index < -0.39 is 4.92 Å². The fraction of sp³-hybridized carbons (Fsp3) is 0.444. The highest BCUT2D eigenvalue weighted by molar-refractivity contribution is 7.98. The van der Waals surface area contributed by atoms with Crippen LogP contribution >= 0.6 is 11.8 Å². The van der Waals surface area contributed by atoms with E-state index in [-0.39, 0.29) is 17.5 Å². The first-order chi connectivity index (χ1) is 7.52. The first-order valence-electron chi connectivity index (χ1n) is 4.70. The number of rotatable bonds is 5. The van der Waals surface area contributed by atoms with Gasteiger partial charge in [0.15, 0.2) is 0 Å². The third-order valence-electron chi connectivity index (χ3n) is 1.85. The molecule has 0 spiro atoms. The molecule has 0 bridgehead atoms. The van der Waals surface area contributed by atoms with Crippen LogP contribution in [-0.2, 0) is 0 Å². The number of nitrogens with two attached hydrogens (primary N) is 1. The minimum absolute atomic E-state index is 0.0497. The Kier molecular flexibility index (Phi) is 4.36. The highest BCUT2D eigenvalue weighted by Crippen LogP contribution is 2.19. The summed E-state index contributed by atoms with van der Waals surface area (Å²) in [5.74, 6) is 1.48. The van der Waals surface area contributed by atoms with Crippen LogP contribution in [0.5, 0.6) is 0 Å². The Bertz CT molecular complexity index is 386. The Morgan fingerprint density at radius 1 is 1.69 bits per heavy atom. The van der Waals surface area contributed by atoms with Gasteiger partial charge in [0, 0.05) is 11.8 Å². The molecule has 0 saturated carbocycles. The summed E-state index contributed by atoms with van der Waals surface area (Å²) in [4.78, 5) is 14.1. The Morgan fingerprint density at radius 3 is 2.94 bits per heavy atom. The lowest BCUT2D eigenvalue weighted by molar-refractivity contribution is -0.384. The van der Waals surface area contributed by atoms with Crippen molar-refractivity contribution in [2.75, 3.05) is 23.1 Å². The molecule has 1 unspecified atom stereocenters. The normalized spacial score (nSPS) is 12.1. The van der Waals surface area contributed by atoms with Crippen molar-refractivity contribution >= 4 is 29.1 Å². The molecular weight excluding hydrogens is 228 g/mol. The molecule has 1 aromatic rings. The van der Waals surface area contributed by atoms with Gasteiger partial charge in [0.25, 0.3) is 5.69 Å². The van der Waals surface area contributed by atoms with Gasteiger partial charge in [-0.3, -0.25) is 10.1 Å². The van der Waals surface area contributed by atoms with Gasteiger partial charge in [-0.25, -0.2) is 4.98 Å². The van der Waals surface area contributed by atoms with E-state index in [9.17, 15) is 10.1 Å². The van der Waals surface area contributed by atoms with E-state index in [1.807, 2.05) is 13.2 Å². The molecular formula is C9H14N4O2S. The molecule has 7 heteroatoms. The van der Waals surface area contributed by atoms with Gasteiger partial charge in [0.2, 0.25) is 0 Å². The number of hydrogen-bond acceptors (Lipinski definition) is 6. The number of hydrogen-bond donors (Lipinski definition) is 2. The fourth-order valence-electron chi connectivity index (χ4n) is 1.26. The summed E-state index contributed by atoms with van der Waals surface area (Å²) in [6.45, 7) is 1.98. The van der Waals surface area contributed by atoms with Crippen LogP contribution < -0.4 is 11.1 Å². The predicted octanol–water partition coefficient (Wildman–Crippen LogP) is 1.74. The van der Waals surface area contributed by atoms with Crippen LogP contribution in [0.4, 0.5) is 17.3 Å². The molecule has 1 heterocycles. The van der Waals surface area contributed by atoms with E-state index in [4.69, 9.17) is 5.73 Å². The van der Waals surface area contributed by atoms with Crippen molar-refractivity contribution in [2.45, 2.75) is 13.0 Å². The lowest BCUT2D eigenvalue weighted by Gasteiger charge is -2.12. The average Bonchev–Trinajstić information content (AvgIpc) is 2.16. The van der Waals surface area contributed by atoms with Crippen LogP contribution in [0.3, 0.4) is 0 Å². The van der Waals surface area contributed by atoms with Crippen molar-refractivity contribution in [3.63, 3.8) is 0 Å². The van der Waals surface area contributed by atoms with E-state index in [1.165, 1.54) is 12.1 Å². The fourth-order valence-corrected chi connectivity index (χ4v) is 1.84. The summed E-state index contributed by atoms with van der Waals surface area (Å²) in [7, 11) is 0. The van der Waals surface area contributed by atoms with Crippen molar-refractivity contribution in [1.29, 1.82) is 0 Å². The van der Waals surface area contributed by atoms with Gasteiger partial charge in [0.1, 0.15) is 11.6 Å². The minimum atomic E-state index is -0.484. The molecule has 1 rings (SSSR count). The number of nitrogen functional groups attached to an aromatic ring is 1. The predicted molar refractivity (Wildman–Crippen MR) is 66.8 cm³/mol. The van der Waals surface area contributed by atoms with Gasteiger partial charge in [-0.1, -0.05) is 0 Å². The van der Waals surface area contributed by atoms with Crippen LogP contribution in [0.2, 0.25) is 0 Å². The molecule has 6 nitrogen and oxygen atoms in total. The Balaban J connectivity index is 2.84. The molecule has 0 amide bonds. The molecule has 88 valence electrons. The Morgan fingerprint density at radius 2 is 2.38 bits per heavy atom. The van der Waals surface area contributed by atoms with Crippen LogP contribution in [0.1, 0.15) is 6.92 Å². The van der Waals surface area contributed by atoms with Crippen molar-refractivity contribution in [2.24, 2.45) is 0 Å². The molecule has 0 fully saturated rings. The number of pyridine rings is 1. The van der Waals surface area contributed by atoms with Crippen LogP contribution in [0, 0.1) is 10.1 Å². The van der Waals surface area contributed by atoms with Gasteiger partial charge in [-0.2, -0.15) is 11.8 Å². The number of thioether (sulfide) groups is 1. The summed E-state index contributed by atoms with van der Waals surface area (Å²) < 4.78 is 0. The lowest BCUT2D eigenvalue weighted by atomic mass is 10.3. The zero-order valence-electron chi connectivity index (χ0n) is 9.14. The molecule has 1 atom stereocenters. The monoisotopic (exact) mass is 242 g/mol. The van der Waals surface area contributed by atoms with Gasteiger partial charge >= 0.3 is 0 Å². The van der Waals surface area contributed by atoms with Crippen LogP contribution in [0.15, 0.2) is 12.1 Å². The second-order valence-corrected chi connectivity index (χ2v) is 4.30. The molecule has 0 aromatic carbocycles. The highest BCUT2D eigenvalue weighted by Gasteiger charge is 2.11. The molecule has 0 aliphatic carbocycles. The maximum atomic E-state index is 10.6. The summed E-state index contributed by atoms with van der Waals surface area (Å²) in [6.07, 6.45) is 1.99. The second-order valence-electron chi connectivity index (χ2n) is 3.39. The third kappa shape index (κ3) is 3.58. The molecule has 0 aliphatic heterocycles. The van der Waals surface area contributed by atoms with E-state index in [2.05, 4.69) is 10.3 Å². The molecule has 1 aromatic heterocycles. The Hall–Kier alpha value is -1.50. The van der Waals surface area contributed by atoms with Gasteiger partial charge in [0.05, 0.1) is 17.1 Å². The van der Waals surface area contributed by atoms with Gasteiger partial charge in [-0.05, 0) is 13.2 Å². The lowest BCUT2D eigenvalue weighted by Crippen LogP contribution is -2.18. The third-order valence-corrected chi connectivity index (χ3v) is 2.69. The summed E-state index contributed by atoms with van der Waals surface area (Å²) in [5.41, 5.74) is 5.44. The number of aromatic nitrogens is 1. The number of nitrogens with one attached hydrogen (secondary N) is 1. The first-order valence-corrected chi connectivity index (χ1v) is 6.09. The smallest absolute Gasteiger partial charge is 0.276 e. The molecule has 3 N–H and O–H groups in total. The van der Waals surface area contributed by atoms with E-state index in [1.54, 1.807) is 11.8 Å². The number of anilines is 2. The SMILES string of the molecule is CSCC(C)Nc1cc([N+](=O)[O-])cc(N)n1. The van der Waals surface area contributed by atoms with Crippen molar-refractivity contribution in [3.05, 3.63) is 22.2 Å². The number of nitro groups is 1. The maximum absolute atomic E-state index is 10.6. The summed E-state index contributed by atoms with van der Waals surface area (Å²) in [6, 6.07) is 2.81. The zero-order valence-corrected chi connectivity index (χ0v) is 9.95. The topological polar surface area (TPSA) is 94.1 Å². The minimum Gasteiger partial charge on any atom is -0.383 e. The maximum Gasteiger partial charge on any atom is 0.276 e. The van der Waals surface area contributed by atoms with E-state index >= 15 is 0 Å². The molecule has 0 radical (unpaired) electrons. The van der Waals surface area contributed by atoms with Crippen LogP contribution in [-0.4, -0.2) is 28.0 Å². The summed E-state index contributed by atoms with van der Waals surface area (Å²) in [5, 5.41) is 13.7. The largest absolute Gasteiger partial charge is 0.383 e.